The van der Waals surface area contributed by atoms with E-state index in [4.69, 9.17) is 11.6 Å². The van der Waals surface area contributed by atoms with Gasteiger partial charge in [-0.1, -0.05) is 11.6 Å². The van der Waals surface area contributed by atoms with Crippen molar-refractivity contribution in [3.8, 4) is 0 Å². The summed E-state index contributed by atoms with van der Waals surface area (Å²) in [5, 5.41) is 6.37. The van der Waals surface area contributed by atoms with Gasteiger partial charge in [0, 0.05) is 17.5 Å². The second kappa shape index (κ2) is 6.82. The third-order valence-corrected chi connectivity index (χ3v) is 4.39. The number of nitrogens with one attached hydrogen (secondary N) is 1. The van der Waals surface area contributed by atoms with E-state index in [0.717, 1.165) is 24.7 Å². The molecule has 16 heavy (non-hydrogen) atoms. The summed E-state index contributed by atoms with van der Waals surface area (Å²) in [5.74, 6) is 0. The van der Waals surface area contributed by atoms with Crippen molar-refractivity contribution < 1.29 is 0 Å². The molecule has 0 amide bonds. The molecule has 92 valence electrons. The van der Waals surface area contributed by atoms with Crippen LogP contribution in [0.15, 0.2) is 11.4 Å². The van der Waals surface area contributed by atoms with Gasteiger partial charge in [0.2, 0.25) is 0 Å². The van der Waals surface area contributed by atoms with Gasteiger partial charge in [-0.3, -0.25) is 4.90 Å². The molecule has 5 heteroatoms. The van der Waals surface area contributed by atoms with Gasteiger partial charge in [0.15, 0.2) is 0 Å². The monoisotopic (exact) mass is 280 g/mol. The molecule has 0 saturated carbocycles. The second-order valence-electron chi connectivity index (χ2n) is 4.09. The van der Waals surface area contributed by atoms with Crippen molar-refractivity contribution in [1.29, 1.82) is 0 Å². The first-order chi connectivity index (χ1) is 7.27. The van der Waals surface area contributed by atoms with Crippen LogP contribution >= 0.6 is 35.3 Å². The summed E-state index contributed by atoms with van der Waals surface area (Å²) in [7, 11) is 2.20. The van der Waals surface area contributed by atoms with Crippen molar-refractivity contribution in [2.24, 2.45) is 0 Å². The Morgan fingerprint density at radius 2 is 2.19 bits per heavy atom. The third kappa shape index (κ3) is 3.60. The van der Waals surface area contributed by atoms with Gasteiger partial charge >= 0.3 is 0 Å². The molecule has 2 nitrogen and oxygen atoms in total. The number of nitrogens with zero attached hydrogens (tertiary/aromatic N) is 1. The van der Waals surface area contributed by atoms with Gasteiger partial charge in [-0.25, -0.2) is 0 Å². The summed E-state index contributed by atoms with van der Waals surface area (Å²) in [6.07, 6.45) is 2.50. The van der Waals surface area contributed by atoms with Crippen LogP contribution in [0.5, 0.6) is 0 Å². The molecule has 1 aromatic rings. The highest BCUT2D eigenvalue weighted by Crippen LogP contribution is 2.24. The fraction of sp³-hybridized carbons (Fsp3) is 0.636. The number of halogens is 2. The average molecular weight is 281 g/mol. The Kier molecular flexibility index (Phi) is 6.08. The van der Waals surface area contributed by atoms with E-state index >= 15 is 0 Å². The van der Waals surface area contributed by atoms with Crippen LogP contribution in [0.3, 0.4) is 0 Å². The topological polar surface area (TPSA) is 15.3 Å². The second-order valence-corrected chi connectivity index (χ2v) is 5.50. The predicted octanol–water partition coefficient (Wildman–Crippen LogP) is 3.01. The van der Waals surface area contributed by atoms with Gasteiger partial charge in [0.1, 0.15) is 0 Å². The van der Waals surface area contributed by atoms with Gasteiger partial charge < -0.3 is 5.32 Å². The zero-order valence-electron chi connectivity index (χ0n) is 9.41. The molecule has 0 aliphatic carbocycles. The van der Waals surface area contributed by atoms with Crippen LogP contribution in [0.1, 0.15) is 17.7 Å². The lowest BCUT2D eigenvalue weighted by atomic mass is 10.1. The molecule has 1 aliphatic heterocycles. The van der Waals surface area contributed by atoms with Crippen LogP contribution in [0.2, 0.25) is 5.02 Å². The van der Waals surface area contributed by atoms with Gasteiger partial charge in [0.25, 0.3) is 0 Å². The molecular formula is C11H18Cl2N2S. The fourth-order valence-corrected chi connectivity index (χ4v) is 3.20. The maximum absolute atomic E-state index is 6.09. The van der Waals surface area contributed by atoms with Gasteiger partial charge in [-0.15, -0.1) is 23.7 Å². The molecule has 0 aromatic carbocycles. The Labute approximate surface area is 112 Å². The lowest BCUT2D eigenvalue weighted by molar-refractivity contribution is 0.193. The normalized spacial score (nSPS) is 17.4. The summed E-state index contributed by atoms with van der Waals surface area (Å²) >= 11 is 7.85. The summed E-state index contributed by atoms with van der Waals surface area (Å²) in [4.78, 5) is 3.72. The minimum atomic E-state index is 0. The van der Waals surface area contributed by atoms with Crippen LogP contribution in [0, 0.1) is 0 Å². The van der Waals surface area contributed by atoms with Crippen molar-refractivity contribution in [1.82, 2.24) is 10.2 Å². The molecule has 2 heterocycles. The highest BCUT2D eigenvalue weighted by molar-refractivity contribution is 7.10. The zero-order valence-corrected chi connectivity index (χ0v) is 11.8. The molecule has 0 spiro atoms. The van der Waals surface area contributed by atoms with Crippen molar-refractivity contribution in [2.45, 2.75) is 25.4 Å². The maximum Gasteiger partial charge on any atom is 0.0558 e. The van der Waals surface area contributed by atoms with Crippen LogP contribution in [-0.2, 0) is 6.54 Å². The number of rotatable bonds is 3. The number of thiophene rings is 1. The molecule has 0 unspecified atom stereocenters. The molecule has 0 bridgehead atoms. The van der Waals surface area contributed by atoms with E-state index in [-0.39, 0.29) is 12.4 Å². The summed E-state index contributed by atoms with van der Waals surface area (Å²) < 4.78 is 0. The molecule has 1 saturated heterocycles. The SMILES string of the molecule is CN(Cc1sccc1Cl)C1CCNCC1.Cl. The Morgan fingerprint density at radius 3 is 2.75 bits per heavy atom. The van der Waals surface area contributed by atoms with Crippen LogP contribution in [0.4, 0.5) is 0 Å². The molecular weight excluding hydrogens is 263 g/mol. The highest BCUT2D eigenvalue weighted by atomic mass is 35.5. The standard InChI is InChI=1S/C11H17ClN2S.ClH/c1-14(9-2-5-13-6-3-9)8-11-10(12)4-7-15-11;/h4,7,9,13H,2-3,5-6,8H2,1H3;1H. The van der Waals surface area contributed by atoms with Crippen molar-refractivity contribution in [3.05, 3.63) is 21.3 Å². The molecule has 0 atom stereocenters. The van der Waals surface area contributed by atoms with E-state index < -0.39 is 0 Å². The van der Waals surface area contributed by atoms with Gasteiger partial charge in [-0.05, 0) is 44.4 Å². The van der Waals surface area contributed by atoms with Gasteiger partial charge in [-0.2, -0.15) is 0 Å². The fourth-order valence-electron chi connectivity index (χ4n) is 2.04. The Morgan fingerprint density at radius 1 is 1.50 bits per heavy atom. The molecule has 0 radical (unpaired) electrons. The van der Waals surface area contributed by atoms with Crippen LogP contribution in [-0.4, -0.2) is 31.1 Å². The first-order valence-electron chi connectivity index (χ1n) is 5.40. The Hall–Kier alpha value is 0.200. The first kappa shape index (κ1) is 14.3. The van der Waals surface area contributed by atoms with E-state index in [9.17, 15) is 0 Å². The van der Waals surface area contributed by atoms with E-state index in [2.05, 4.69) is 22.6 Å². The zero-order chi connectivity index (χ0) is 10.7. The average Bonchev–Trinajstić information content (AvgIpc) is 2.66. The lowest BCUT2D eigenvalue weighted by Crippen LogP contribution is -2.40. The Bertz CT molecular complexity index is 311. The maximum atomic E-state index is 6.09. The van der Waals surface area contributed by atoms with Gasteiger partial charge in [0.05, 0.1) is 5.02 Å². The smallest absolute Gasteiger partial charge is 0.0558 e. The van der Waals surface area contributed by atoms with E-state index in [0.29, 0.717) is 6.04 Å². The molecule has 1 N–H and O–H groups in total. The largest absolute Gasteiger partial charge is 0.317 e. The van der Waals surface area contributed by atoms with E-state index in [1.54, 1.807) is 11.3 Å². The van der Waals surface area contributed by atoms with E-state index in [1.165, 1.54) is 17.7 Å². The van der Waals surface area contributed by atoms with Crippen molar-refractivity contribution >= 4 is 35.3 Å². The molecule has 1 fully saturated rings. The quantitative estimate of drug-likeness (QED) is 0.916. The van der Waals surface area contributed by atoms with Crippen LogP contribution in [0.25, 0.3) is 0 Å². The number of hydrogen-bond donors (Lipinski definition) is 1. The van der Waals surface area contributed by atoms with Crippen LogP contribution < -0.4 is 5.32 Å². The minimum absolute atomic E-state index is 0. The molecule has 1 aliphatic rings. The molecule has 2 rings (SSSR count). The molecule has 1 aromatic heterocycles. The third-order valence-electron chi connectivity index (χ3n) is 3.02. The number of hydrogen-bond acceptors (Lipinski definition) is 3. The lowest BCUT2D eigenvalue weighted by Gasteiger charge is -2.31. The first-order valence-corrected chi connectivity index (χ1v) is 6.66. The highest BCUT2D eigenvalue weighted by Gasteiger charge is 2.18. The number of piperidine rings is 1. The summed E-state index contributed by atoms with van der Waals surface area (Å²) in [6.45, 7) is 3.28. The van der Waals surface area contributed by atoms with E-state index in [1.807, 2.05) is 6.07 Å². The summed E-state index contributed by atoms with van der Waals surface area (Å²) in [6, 6.07) is 2.70. The minimum Gasteiger partial charge on any atom is -0.317 e. The summed E-state index contributed by atoms with van der Waals surface area (Å²) in [5.41, 5.74) is 0. The Balaban J connectivity index is 0.00000128. The van der Waals surface area contributed by atoms with Crippen molar-refractivity contribution in [2.75, 3.05) is 20.1 Å². The predicted molar refractivity (Wildman–Crippen MR) is 73.9 cm³/mol. The van der Waals surface area contributed by atoms with Crippen molar-refractivity contribution in [3.63, 3.8) is 0 Å².